The first-order chi connectivity index (χ1) is 20.4. The molecule has 0 saturated carbocycles. The minimum atomic E-state index is -2.02. The van der Waals surface area contributed by atoms with Gasteiger partial charge in [-0.05, 0) is 31.2 Å². The molecule has 0 spiro atoms. The highest BCUT2D eigenvalue weighted by molar-refractivity contribution is 5.86. The molecule has 5 rings (SSSR count). The molecular formula is C28H30O15. The highest BCUT2D eigenvalue weighted by Gasteiger charge is 2.52. The molecule has 2 saturated heterocycles. The number of phenolic OH excluding ortho intramolecular Hbond substituents is 1. The van der Waals surface area contributed by atoms with Crippen LogP contribution in [-0.4, -0.2) is 110 Å². The molecule has 0 amide bonds. The molecule has 0 aliphatic carbocycles. The van der Waals surface area contributed by atoms with Crippen LogP contribution in [0.4, 0.5) is 0 Å². The molecule has 232 valence electrons. The number of hydrogen-bond donors (Lipinski definition) is 7. The summed E-state index contributed by atoms with van der Waals surface area (Å²) < 4.78 is 33.2. The van der Waals surface area contributed by atoms with Crippen molar-refractivity contribution in [1.82, 2.24) is 0 Å². The van der Waals surface area contributed by atoms with Crippen LogP contribution in [0.5, 0.6) is 17.2 Å². The zero-order valence-corrected chi connectivity index (χ0v) is 22.7. The number of hydrogen-bond acceptors (Lipinski definition) is 14. The quantitative estimate of drug-likeness (QED) is 0.176. The number of aromatic hydroxyl groups is 1. The molecule has 1 aromatic heterocycles. The first kappa shape index (κ1) is 30.7. The number of carboxylic acids is 1. The topological polar surface area (TPSA) is 235 Å². The standard InChI is InChI=1S/C28H30O15/c1-10-19(31)20(32)23(35)27(39-10)43-25-22(34)21(33)24(26(36)37)42-28(25)40-13-7-14(29)18-15(30)9-16(41-17(18)8-13)11-3-5-12(38-2)6-4-11/h3-10,19-25,27-29,31-35H,1-2H3,(H,36,37). The molecule has 0 radical (unpaired) electrons. The van der Waals surface area contributed by atoms with Gasteiger partial charge in [-0.1, -0.05) is 0 Å². The number of aliphatic hydroxyl groups excluding tert-OH is 5. The molecule has 15 heteroatoms. The van der Waals surface area contributed by atoms with Crippen LogP contribution < -0.4 is 14.9 Å². The van der Waals surface area contributed by atoms with E-state index in [9.17, 15) is 45.3 Å². The first-order valence-corrected chi connectivity index (χ1v) is 13.1. The minimum Gasteiger partial charge on any atom is -0.507 e. The maximum atomic E-state index is 12.9. The van der Waals surface area contributed by atoms with E-state index in [0.29, 0.717) is 11.3 Å². The third-order valence-corrected chi connectivity index (χ3v) is 7.30. The number of aliphatic hydroxyl groups is 5. The molecule has 10 unspecified atom stereocenters. The van der Waals surface area contributed by atoms with Gasteiger partial charge in [-0.25, -0.2) is 4.79 Å². The fourth-order valence-electron chi connectivity index (χ4n) is 4.90. The van der Waals surface area contributed by atoms with Gasteiger partial charge in [0.25, 0.3) is 0 Å². The molecular weight excluding hydrogens is 576 g/mol. The smallest absolute Gasteiger partial charge is 0.335 e. The van der Waals surface area contributed by atoms with Crippen molar-refractivity contribution in [2.75, 3.05) is 7.11 Å². The third-order valence-electron chi connectivity index (χ3n) is 7.30. The monoisotopic (exact) mass is 606 g/mol. The molecule has 2 fully saturated rings. The first-order valence-electron chi connectivity index (χ1n) is 13.1. The Morgan fingerprint density at radius 2 is 1.53 bits per heavy atom. The van der Waals surface area contributed by atoms with Gasteiger partial charge < -0.3 is 63.8 Å². The van der Waals surface area contributed by atoms with E-state index in [1.165, 1.54) is 26.2 Å². The van der Waals surface area contributed by atoms with Crippen molar-refractivity contribution in [3.8, 4) is 28.6 Å². The predicted molar refractivity (Wildman–Crippen MR) is 142 cm³/mol. The second-order valence-corrected chi connectivity index (χ2v) is 10.2. The highest BCUT2D eigenvalue weighted by atomic mass is 16.8. The number of aliphatic carboxylic acids is 1. The lowest BCUT2D eigenvalue weighted by molar-refractivity contribution is -0.351. The zero-order valence-electron chi connectivity index (χ0n) is 22.7. The van der Waals surface area contributed by atoms with Crippen LogP contribution in [0.15, 0.2) is 51.7 Å². The largest absolute Gasteiger partial charge is 0.507 e. The fraction of sp³-hybridized carbons (Fsp3) is 0.429. The predicted octanol–water partition coefficient (Wildman–Crippen LogP) is -0.703. The highest BCUT2D eigenvalue weighted by Crippen LogP contribution is 2.35. The van der Waals surface area contributed by atoms with Crippen LogP contribution in [0.1, 0.15) is 6.92 Å². The summed E-state index contributed by atoms with van der Waals surface area (Å²) in [5.74, 6) is -1.70. The van der Waals surface area contributed by atoms with Crippen molar-refractivity contribution in [3.63, 3.8) is 0 Å². The average Bonchev–Trinajstić information content (AvgIpc) is 2.97. The second-order valence-electron chi connectivity index (χ2n) is 10.2. The molecule has 2 aliphatic rings. The van der Waals surface area contributed by atoms with Gasteiger partial charge in [-0.3, -0.25) is 4.79 Å². The third kappa shape index (κ3) is 5.89. The van der Waals surface area contributed by atoms with E-state index >= 15 is 0 Å². The van der Waals surface area contributed by atoms with Crippen LogP contribution in [0.25, 0.3) is 22.3 Å². The second kappa shape index (κ2) is 12.1. The fourth-order valence-corrected chi connectivity index (χ4v) is 4.90. The molecule has 2 aromatic carbocycles. The van der Waals surface area contributed by atoms with Gasteiger partial charge >= 0.3 is 5.97 Å². The maximum Gasteiger partial charge on any atom is 0.335 e. The van der Waals surface area contributed by atoms with E-state index < -0.39 is 78.6 Å². The number of ether oxygens (including phenoxy) is 5. The number of phenols is 1. The summed E-state index contributed by atoms with van der Waals surface area (Å²) in [6.45, 7) is 1.39. The molecule has 3 heterocycles. The Morgan fingerprint density at radius 1 is 0.837 bits per heavy atom. The van der Waals surface area contributed by atoms with E-state index in [2.05, 4.69) is 0 Å². The lowest BCUT2D eigenvalue weighted by atomic mass is 9.97. The van der Waals surface area contributed by atoms with Crippen LogP contribution in [0.2, 0.25) is 0 Å². The molecule has 10 atom stereocenters. The number of methoxy groups -OCH3 is 1. The Labute approximate surface area is 242 Å². The van der Waals surface area contributed by atoms with Crippen molar-refractivity contribution in [3.05, 3.63) is 52.7 Å². The van der Waals surface area contributed by atoms with Crippen LogP contribution >= 0.6 is 0 Å². The SMILES string of the molecule is COc1ccc(-c2cc(=O)c3c(O)cc(OC4OC(C(=O)O)C(O)C(O)C4OC4OC(C)C(O)C(O)C4O)cc3o2)cc1. The summed E-state index contributed by atoms with van der Waals surface area (Å²) in [6.07, 6.45) is -17.2. The number of rotatable bonds is 7. The maximum absolute atomic E-state index is 12.9. The number of benzene rings is 2. The van der Waals surface area contributed by atoms with Crippen LogP contribution in [-0.2, 0) is 19.0 Å². The summed E-state index contributed by atoms with van der Waals surface area (Å²) in [4.78, 5) is 24.6. The molecule has 3 aromatic rings. The van der Waals surface area contributed by atoms with Crippen LogP contribution in [0.3, 0.4) is 0 Å². The van der Waals surface area contributed by atoms with E-state index in [4.69, 9.17) is 28.1 Å². The van der Waals surface area contributed by atoms with Gasteiger partial charge in [-0.2, -0.15) is 0 Å². The van der Waals surface area contributed by atoms with Crippen molar-refractivity contribution in [2.24, 2.45) is 0 Å². The van der Waals surface area contributed by atoms with Gasteiger partial charge in [0.05, 0.1) is 13.2 Å². The Bertz CT molecular complexity index is 1520. The summed E-state index contributed by atoms with van der Waals surface area (Å²) in [7, 11) is 1.50. The number of fused-ring (bicyclic) bond motifs is 1. The van der Waals surface area contributed by atoms with E-state index in [0.717, 1.165) is 6.07 Å². The van der Waals surface area contributed by atoms with Gasteiger partial charge in [0, 0.05) is 23.8 Å². The normalized spacial score (nSPS) is 32.8. The van der Waals surface area contributed by atoms with Gasteiger partial charge in [0.2, 0.25) is 6.29 Å². The number of carboxylic acid groups (broad SMARTS) is 1. The van der Waals surface area contributed by atoms with Crippen molar-refractivity contribution in [2.45, 2.75) is 68.3 Å². The molecule has 7 N–H and O–H groups in total. The lowest BCUT2D eigenvalue weighted by Gasteiger charge is -2.45. The molecule has 43 heavy (non-hydrogen) atoms. The van der Waals surface area contributed by atoms with Gasteiger partial charge in [0.1, 0.15) is 64.5 Å². The van der Waals surface area contributed by atoms with E-state index in [1.54, 1.807) is 24.3 Å². The zero-order chi connectivity index (χ0) is 31.2. The van der Waals surface area contributed by atoms with Crippen LogP contribution in [0, 0.1) is 0 Å². The Balaban J connectivity index is 1.49. The van der Waals surface area contributed by atoms with Crippen molar-refractivity contribution >= 4 is 16.9 Å². The van der Waals surface area contributed by atoms with E-state index in [1.807, 2.05) is 0 Å². The molecule has 2 aliphatic heterocycles. The molecule has 15 nitrogen and oxygen atoms in total. The summed E-state index contributed by atoms with van der Waals surface area (Å²) in [5.41, 5.74) is -0.174. The average molecular weight is 607 g/mol. The van der Waals surface area contributed by atoms with E-state index in [-0.39, 0.29) is 22.5 Å². The number of carbonyl (C=O) groups is 1. The Morgan fingerprint density at radius 3 is 2.19 bits per heavy atom. The van der Waals surface area contributed by atoms with Gasteiger partial charge in [-0.15, -0.1) is 0 Å². The Kier molecular flexibility index (Phi) is 8.60. The Hall–Kier alpha value is -3.80. The lowest BCUT2D eigenvalue weighted by Crippen LogP contribution is -2.65. The summed E-state index contributed by atoms with van der Waals surface area (Å²) >= 11 is 0. The molecule has 0 bridgehead atoms. The van der Waals surface area contributed by atoms with Gasteiger partial charge in [0.15, 0.2) is 23.9 Å². The van der Waals surface area contributed by atoms with Crippen molar-refractivity contribution in [1.29, 1.82) is 0 Å². The minimum absolute atomic E-state index is 0.117. The van der Waals surface area contributed by atoms with Crippen molar-refractivity contribution < 1.29 is 68.6 Å². The summed E-state index contributed by atoms with van der Waals surface area (Å²) in [5, 5.41) is 71.7. The summed E-state index contributed by atoms with van der Waals surface area (Å²) in [6, 6.07) is 10.0.